The molecule has 1 aliphatic heterocycles. The first kappa shape index (κ1) is 17.0. The lowest BCUT2D eigenvalue weighted by Crippen LogP contribution is -2.28. The van der Waals surface area contributed by atoms with Crippen molar-refractivity contribution in [2.75, 3.05) is 20.2 Å². The molecule has 2 aromatic carbocycles. The molecule has 0 aromatic heterocycles. The topological polar surface area (TPSA) is 73.6 Å². The predicted molar refractivity (Wildman–Crippen MR) is 89.4 cm³/mol. The van der Waals surface area contributed by atoms with Crippen molar-refractivity contribution in [1.82, 2.24) is 5.32 Å². The van der Waals surface area contributed by atoms with Crippen LogP contribution in [-0.4, -0.2) is 26.1 Å². The fourth-order valence-electron chi connectivity index (χ4n) is 2.27. The SMILES string of the molecule is CN.O=C1NCCCOC1c1cccc(Oc2ccccc2)c1. The maximum absolute atomic E-state index is 12.0. The van der Waals surface area contributed by atoms with E-state index in [1.165, 1.54) is 7.05 Å². The van der Waals surface area contributed by atoms with Gasteiger partial charge in [-0.05, 0) is 43.3 Å². The van der Waals surface area contributed by atoms with Gasteiger partial charge in [0.15, 0.2) is 6.10 Å². The van der Waals surface area contributed by atoms with Crippen molar-refractivity contribution >= 4 is 5.91 Å². The number of hydrogen-bond acceptors (Lipinski definition) is 4. The van der Waals surface area contributed by atoms with E-state index in [9.17, 15) is 4.79 Å². The highest BCUT2D eigenvalue weighted by atomic mass is 16.5. The second-order valence-corrected chi connectivity index (χ2v) is 4.88. The van der Waals surface area contributed by atoms with Gasteiger partial charge in [0.1, 0.15) is 11.5 Å². The third-order valence-corrected chi connectivity index (χ3v) is 3.28. The summed E-state index contributed by atoms with van der Waals surface area (Å²) in [5, 5.41) is 2.86. The lowest BCUT2D eigenvalue weighted by Gasteiger charge is -2.15. The first-order valence-electron chi connectivity index (χ1n) is 7.63. The number of carbonyl (C=O) groups excluding carboxylic acids is 1. The zero-order valence-corrected chi connectivity index (χ0v) is 13.2. The number of hydrogen-bond donors (Lipinski definition) is 2. The van der Waals surface area contributed by atoms with Crippen molar-refractivity contribution in [1.29, 1.82) is 0 Å². The Bertz CT molecular complexity index is 617. The number of nitrogens with two attached hydrogens (primary N) is 1. The molecule has 1 heterocycles. The van der Waals surface area contributed by atoms with Crippen LogP contribution < -0.4 is 15.8 Å². The van der Waals surface area contributed by atoms with Gasteiger partial charge >= 0.3 is 0 Å². The zero-order valence-electron chi connectivity index (χ0n) is 13.2. The summed E-state index contributed by atoms with van der Waals surface area (Å²) in [5.74, 6) is 1.37. The van der Waals surface area contributed by atoms with Crippen molar-refractivity contribution in [3.63, 3.8) is 0 Å². The van der Waals surface area contributed by atoms with Crippen LogP contribution in [0.25, 0.3) is 0 Å². The van der Waals surface area contributed by atoms with Crippen molar-refractivity contribution < 1.29 is 14.3 Å². The molecular formula is C18H22N2O3. The molecule has 1 aliphatic rings. The van der Waals surface area contributed by atoms with Crippen molar-refractivity contribution in [2.45, 2.75) is 12.5 Å². The second-order valence-electron chi connectivity index (χ2n) is 4.88. The second kappa shape index (κ2) is 8.92. The third-order valence-electron chi connectivity index (χ3n) is 3.28. The van der Waals surface area contributed by atoms with Crippen molar-refractivity contribution in [3.8, 4) is 11.5 Å². The molecule has 0 saturated carbocycles. The van der Waals surface area contributed by atoms with Crippen molar-refractivity contribution in [2.24, 2.45) is 5.73 Å². The smallest absolute Gasteiger partial charge is 0.253 e. The molecule has 2 aromatic rings. The van der Waals surface area contributed by atoms with Gasteiger partial charge in [-0.25, -0.2) is 0 Å². The van der Waals surface area contributed by atoms with Gasteiger partial charge in [-0.15, -0.1) is 0 Å². The first-order chi connectivity index (χ1) is 11.3. The van der Waals surface area contributed by atoms with E-state index in [-0.39, 0.29) is 5.91 Å². The van der Waals surface area contributed by atoms with Gasteiger partial charge in [0.25, 0.3) is 5.91 Å². The molecule has 0 spiro atoms. The molecule has 3 rings (SSSR count). The van der Waals surface area contributed by atoms with Gasteiger partial charge in [0.05, 0.1) is 0 Å². The Morgan fingerprint density at radius 2 is 1.83 bits per heavy atom. The average molecular weight is 314 g/mol. The van der Waals surface area contributed by atoms with Crippen LogP contribution in [0.2, 0.25) is 0 Å². The van der Waals surface area contributed by atoms with Gasteiger partial charge in [0, 0.05) is 13.2 Å². The summed E-state index contributed by atoms with van der Waals surface area (Å²) >= 11 is 0. The minimum Gasteiger partial charge on any atom is -0.457 e. The van der Waals surface area contributed by atoms with Gasteiger partial charge in [-0.2, -0.15) is 0 Å². The van der Waals surface area contributed by atoms with Gasteiger partial charge in [0.2, 0.25) is 0 Å². The molecule has 122 valence electrons. The molecule has 23 heavy (non-hydrogen) atoms. The molecule has 1 saturated heterocycles. The normalized spacial score (nSPS) is 17.3. The summed E-state index contributed by atoms with van der Waals surface area (Å²) in [7, 11) is 1.50. The molecule has 1 atom stereocenters. The number of para-hydroxylation sites is 1. The summed E-state index contributed by atoms with van der Waals surface area (Å²) in [6.07, 6.45) is 0.273. The number of carbonyl (C=O) groups is 1. The molecule has 3 N–H and O–H groups in total. The van der Waals surface area contributed by atoms with E-state index in [4.69, 9.17) is 9.47 Å². The molecule has 1 unspecified atom stereocenters. The summed E-state index contributed by atoms with van der Waals surface area (Å²) in [6, 6.07) is 17.0. The van der Waals surface area contributed by atoms with E-state index in [2.05, 4.69) is 11.1 Å². The van der Waals surface area contributed by atoms with E-state index < -0.39 is 6.10 Å². The number of benzene rings is 2. The van der Waals surface area contributed by atoms with E-state index in [1.807, 2.05) is 54.6 Å². The summed E-state index contributed by atoms with van der Waals surface area (Å²) in [4.78, 5) is 12.0. The first-order valence-corrected chi connectivity index (χ1v) is 7.63. The maximum atomic E-state index is 12.0. The minimum absolute atomic E-state index is 0.0932. The molecule has 1 amide bonds. The van der Waals surface area contributed by atoms with Crippen LogP contribution in [-0.2, 0) is 9.53 Å². The number of amides is 1. The van der Waals surface area contributed by atoms with E-state index in [0.29, 0.717) is 18.9 Å². The highest BCUT2D eigenvalue weighted by Crippen LogP contribution is 2.26. The Kier molecular flexibility index (Phi) is 6.59. The third kappa shape index (κ3) is 4.81. The predicted octanol–water partition coefficient (Wildman–Crippen LogP) is 2.63. The lowest BCUT2D eigenvalue weighted by molar-refractivity contribution is -0.131. The molecule has 5 nitrogen and oxygen atoms in total. The van der Waals surface area contributed by atoms with Gasteiger partial charge in [-0.3, -0.25) is 4.79 Å². The van der Waals surface area contributed by atoms with Crippen LogP contribution in [0.4, 0.5) is 0 Å². The minimum atomic E-state index is -0.563. The Hall–Kier alpha value is -2.37. The van der Waals surface area contributed by atoms with Crippen molar-refractivity contribution in [3.05, 3.63) is 60.2 Å². The molecule has 0 radical (unpaired) electrons. The van der Waals surface area contributed by atoms with Crippen LogP contribution in [0.15, 0.2) is 54.6 Å². The van der Waals surface area contributed by atoms with E-state index in [0.717, 1.165) is 17.7 Å². The molecule has 5 heteroatoms. The molecular weight excluding hydrogens is 292 g/mol. The average Bonchev–Trinajstić information content (AvgIpc) is 2.82. The lowest BCUT2D eigenvalue weighted by atomic mass is 10.1. The van der Waals surface area contributed by atoms with E-state index in [1.54, 1.807) is 0 Å². The Balaban J connectivity index is 0.000000924. The summed E-state index contributed by atoms with van der Waals surface area (Å²) in [5.41, 5.74) is 5.31. The van der Waals surface area contributed by atoms with Crippen LogP contribution in [0.5, 0.6) is 11.5 Å². The Morgan fingerprint density at radius 1 is 1.09 bits per heavy atom. The highest BCUT2D eigenvalue weighted by molar-refractivity contribution is 5.82. The molecule has 0 bridgehead atoms. The Labute approximate surface area is 136 Å². The quantitative estimate of drug-likeness (QED) is 0.913. The number of rotatable bonds is 3. The summed E-state index contributed by atoms with van der Waals surface area (Å²) < 4.78 is 11.4. The monoisotopic (exact) mass is 314 g/mol. The number of ether oxygens (including phenoxy) is 2. The largest absolute Gasteiger partial charge is 0.457 e. The van der Waals surface area contributed by atoms with Crippen LogP contribution >= 0.6 is 0 Å². The number of nitrogens with one attached hydrogen (secondary N) is 1. The van der Waals surface area contributed by atoms with Crippen LogP contribution in [0.1, 0.15) is 18.1 Å². The summed E-state index contributed by atoms with van der Waals surface area (Å²) in [6.45, 7) is 1.24. The highest BCUT2D eigenvalue weighted by Gasteiger charge is 2.23. The van der Waals surface area contributed by atoms with Gasteiger partial charge < -0.3 is 20.5 Å². The molecule has 0 aliphatic carbocycles. The Morgan fingerprint density at radius 3 is 2.61 bits per heavy atom. The van der Waals surface area contributed by atoms with Crippen LogP contribution in [0.3, 0.4) is 0 Å². The fraction of sp³-hybridized carbons (Fsp3) is 0.278. The zero-order chi connectivity index (χ0) is 16.5. The standard InChI is InChI=1S/C17H17NO3.CH5N/c19-17-16(20-11-5-10-18-17)13-6-4-9-15(12-13)21-14-7-2-1-3-8-14;1-2/h1-4,6-9,12,16H,5,10-11H2,(H,18,19);2H2,1H3. The fourth-order valence-corrected chi connectivity index (χ4v) is 2.27. The maximum Gasteiger partial charge on any atom is 0.253 e. The van der Waals surface area contributed by atoms with E-state index >= 15 is 0 Å². The van der Waals surface area contributed by atoms with Crippen LogP contribution in [0, 0.1) is 0 Å². The van der Waals surface area contributed by atoms with Gasteiger partial charge in [-0.1, -0.05) is 30.3 Å². The molecule has 1 fully saturated rings.